The number of rotatable bonds is 5. The Balaban J connectivity index is 1.25. The van der Waals surface area contributed by atoms with Crippen molar-refractivity contribution in [1.29, 1.82) is 0 Å². The second kappa shape index (κ2) is 7.69. The number of hydrogen-bond donors (Lipinski definition) is 0. The highest BCUT2D eigenvalue weighted by Gasteiger charge is 2.19. The van der Waals surface area contributed by atoms with Gasteiger partial charge in [-0.05, 0) is 19.1 Å². The van der Waals surface area contributed by atoms with Crippen molar-refractivity contribution in [1.82, 2.24) is 29.4 Å². The van der Waals surface area contributed by atoms with E-state index in [1.807, 2.05) is 6.92 Å². The van der Waals surface area contributed by atoms with Gasteiger partial charge in [-0.15, -0.1) is 0 Å². The molecule has 1 fully saturated rings. The van der Waals surface area contributed by atoms with Gasteiger partial charge in [0, 0.05) is 45.3 Å². The van der Waals surface area contributed by atoms with Crippen LogP contribution in [0.1, 0.15) is 17.1 Å². The minimum Gasteiger partial charge on any atom is -0.373 e. The highest BCUT2D eigenvalue weighted by molar-refractivity contribution is 5.10. The van der Waals surface area contributed by atoms with Crippen LogP contribution in [0.5, 0.6) is 0 Å². The number of hydrogen-bond acceptors (Lipinski definition) is 6. The normalized spacial score (nSPS) is 18.8. The summed E-state index contributed by atoms with van der Waals surface area (Å²) < 4.78 is 9.12. The molecule has 140 valence electrons. The lowest BCUT2D eigenvalue weighted by Crippen LogP contribution is -2.47. The van der Waals surface area contributed by atoms with Crippen molar-refractivity contribution in [3.63, 3.8) is 0 Å². The maximum Gasteiger partial charge on any atom is 0.266 e. The molecule has 4 rings (SSSR count). The summed E-state index contributed by atoms with van der Waals surface area (Å²) in [7, 11) is 0. The second-order valence-electron chi connectivity index (χ2n) is 7.06. The zero-order valence-electron chi connectivity index (χ0n) is 15.3. The van der Waals surface area contributed by atoms with Crippen LogP contribution in [0.3, 0.4) is 0 Å². The van der Waals surface area contributed by atoms with Gasteiger partial charge in [0.2, 0.25) is 0 Å². The first-order valence-electron chi connectivity index (χ1n) is 9.30. The van der Waals surface area contributed by atoms with Gasteiger partial charge in [-0.1, -0.05) is 0 Å². The molecule has 0 aromatic carbocycles. The first kappa shape index (κ1) is 17.4. The van der Waals surface area contributed by atoms with Crippen LogP contribution in [0.25, 0.3) is 0 Å². The second-order valence-corrected chi connectivity index (χ2v) is 7.06. The molecule has 4 heterocycles. The maximum absolute atomic E-state index is 11.8. The summed E-state index contributed by atoms with van der Waals surface area (Å²) in [6, 6.07) is 5.52. The van der Waals surface area contributed by atoms with E-state index in [0.29, 0.717) is 13.2 Å². The van der Waals surface area contributed by atoms with Gasteiger partial charge in [-0.3, -0.25) is 19.3 Å². The van der Waals surface area contributed by atoms with Crippen LogP contribution in [0.15, 0.2) is 23.0 Å². The lowest BCUT2D eigenvalue weighted by atomic mass is 10.2. The van der Waals surface area contributed by atoms with Crippen LogP contribution in [-0.4, -0.2) is 68.7 Å². The van der Waals surface area contributed by atoms with Gasteiger partial charge in [0.25, 0.3) is 5.56 Å². The molecule has 0 N–H and O–H groups in total. The third-order valence-corrected chi connectivity index (χ3v) is 5.09. The molecule has 2 aliphatic rings. The summed E-state index contributed by atoms with van der Waals surface area (Å²) in [5.74, 6) is 0. The Bertz CT molecular complexity index is 783. The fourth-order valence-electron chi connectivity index (χ4n) is 3.58. The zero-order chi connectivity index (χ0) is 17.9. The predicted molar refractivity (Wildman–Crippen MR) is 96.8 cm³/mol. The molecule has 8 nitrogen and oxygen atoms in total. The fourth-order valence-corrected chi connectivity index (χ4v) is 3.58. The summed E-state index contributed by atoms with van der Waals surface area (Å²) in [5.41, 5.74) is 3.17. The van der Waals surface area contributed by atoms with Gasteiger partial charge in [0.15, 0.2) is 0 Å². The number of piperazine rings is 1. The van der Waals surface area contributed by atoms with E-state index in [9.17, 15) is 4.79 Å². The number of nitrogens with zero attached hydrogens (tertiary/aromatic N) is 6. The molecule has 2 aromatic rings. The Labute approximate surface area is 153 Å². The monoisotopic (exact) mass is 358 g/mol. The molecule has 0 unspecified atom stereocenters. The zero-order valence-corrected chi connectivity index (χ0v) is 15.3. The van der Waals surface area contributed by atoms with Gasteiger partial charge in [-0.25, -0.2) is 4.68 Å². The van der Waals surface area contributed by atoms with Crippen LogP contribution < -0.4 is 5.56 Å². The molecule has 0 amide bonds. The predicted octanol–water partition coefficient (Wildman–Crippen LogP) is 0.0962. The van der Waals surface area contributed by atoms with E-state index in [1.54, 1.807) is 16.8 Å². The topological polar surface area (TPSA) is 68.4 Å². The Kier molecular flexibility index (Phi) is 5.14. The molecule has 2 aliphatic heterocycles. The molecule has 0 atom stereocenters. The molecule has 1 saturated heterocycles. The smallest absolute Gasteiger partial charge is 0.266 e. The van der Waals surface area contributed by atoms with Crippen LogP contribution in [0, 0.1) is 6.92 Å². The molecule has 0 radical (unpaired) electrons. The molecule has 2 aromatic heterocycles. The third kappa shape index (κ3) is 4.03. The number of aryl methyl sites for hydroxylation is 1. The molecule has 0 bridgehead atoms. The Hall–Kier alpha value is -2.03. The molecule has 0 spiro atoms. The van der Waals surface area contributed by atoms with E-state index >= 15 is 0 Å². The first-order valence-corrected chi connectivity index (χ1v) is 9.30. The summed E-state index contributed by atoms with van der Waals surface area (Å²) in [6.07, 6.45) is 0. The van der Waals surface area contributed by atoms with E-state index in [-0.39, 0.29) is 5.56 Å². The van der Waals surface area contributed by atoms with Crippen LogP contribution in [0.2, 0.25) is 0 Å². The fraction of sp³-hybridized carbons (Fsp3) is 0.611. The number of ether oxygens (including phenoxy) is 1. The lowest BCUT2D eigenvalue weighted by Gasteiger charge is -2.34. The van der Waals surface area contributed by atoms with E-state index in [1.165, 1.54) is 5.69 Å². The van der Waals surface area contributed by atoms with Gasteiger partial charge in [0.1, 0.15) is 0 Å². The summed E-state index contributed by atoms with van der Waals surface area (Å²) in [4.78, 5) is 16.7. The Morgan fingerprint density at radius 1 is 1.04 bits per heavy atom. The van der Waals surface area contributed by atoms with Crippen molar-refractivity contribution < 1.29 is 4.74 Å². The van der Waals surface area contributed by atoms with Crippen LogP contribution in [0.4, 0.5) is 0 Å². The van der Waals surface area contributed by atoms with Crippen molar-refractivity contribution in [3.8, 4) is 0 Å². The maximum atomic E-state index is 11.8. The quantitative estimate of drug-likeness (QED) is 0.755. The minimum atomic E-state index is -0.0260. The minimum absolute atomic E-state index is 0.0260. The van der Waals surface area contributed by atoms with Crippen molar-refractivity contribution in [3.05, 3.63) is 45.6 Å². The Morgan fingerprint density at radius 2 is 1.85 bits per heavy atom. The highest BCUT2D eigenvalue weighted by atomic mass is 16.5. The summed E-state index contributed by atoms with van der Waals surface area (Å²) >= 11 is 0. The highest BCUT2D eigenvalue weighted by Crippen LogP contribution is 2.13. The van der Waals surface area contributed by atoms with Crippen molar-refractivity contribution in [2.24, 2.45) is 0 Å². The average Bonchev–Trinajstić information content (AvgIpc) is 3.06. The van der Waals surface area contributed by atoms with Gasteiger partial charge >= 0.3 is 0 Å². The summed E-state index contributed by atoms with van der Waals surface area (Å²) in [5, 5.41) is 9.00. The summed E-state index contributed by atoms with van der Waals surface area (Å²) in [6.45, 7) is 10.7. The van der Waals surface area contributed by atoms with Gasteiger partial charge in [0.05, 0.1) is 43.4 Å². The van der Waals surface area contributed by atoms with E-state index in [2.05, 4.69) is 25.6 Å². The third-order valence-electron chi connectivity index (χ3n) is 5.09. The van der Waals surface area contributed by atoms with Crippen LogP contribution in [-0.2, 0) is 31.0 Å². The lowest BCUT2D eigenvalue weighted by molar-refractivity contribution is 0.0798. The molecular weight excluding hydrogens is 332 g/mol. The van der Waals surface area contributed by atoms with Crippen molar-refractivity contribution in [2.75, 3.05) is 39.3 Å². The molecule has 8 heteroatoms. The molecular formula is C18H26N6O2. The number of aromatic nitrogens is 4. The van der Waals surface area contributed by atoms with Gasteiger partial charge in [-0.2, -0.15) is 10.2 Å². The van der Waals surface area contributed by atoms with Crippen molar-refractivity contribution >= 4 is 0 Å². The van der Waals surface area contributed by atoms with E-state index in [0.717, 1.165) is 63.8 Å². The Morgan fingerprint density at radius 3 is 2.65 bits per heavy atom. The largest absolute Gasteiger partial charge is 0.373 e. The molecule has 0 saturated carbocycles. The standard InChI is InChI=1S/C18H26N6O2/c1-15-2-3-18(25)24(19-15)9-8-21-4-6-22(7-5-21)13-16-12-17-14-26-11-10-23(17)20-16/h2-3,12H,4-11,13-14H2,1H3. The molecule has 0 aliphatic carbocycles. The van der Waals surface area contributed by atoms with E-state index in [4.69, 9.17) is 9.84 Å². The molecule has 26 heavy (non-hydrogen) atoms. The van der Waals surface area contributed by atoms with Crippen molar-refractivity contribution in [2.45, 2.75) is 33.2 Å². The number of fused-ring (bicyclic) bond motifs is 1. The van der Waals surface area contributed by atoms with Gasteiger partial charge < -0.3 is 4.74 Å². The average molecular weight is 358 g/mol. The SMILES string of the molecule is Cc1ccc(=O)n(CCN2CCN(Cc3cc4n(n3)CCOC4)CC2)n1. The first-order chi connectivity index (χ1) is 12.7. The van der Waals surface area contributed by atoms with E-state index < -0.39 is 0 Å². The van der Waals surface area contributed by atoms with Crippen LogP contribution >= 0.6 is 0 Å².